The van der Waals surface area contributed by atoms with Crippen molar-refractivity contribution in [1.82, 2.24) is 0 Å². The molecular formula is C67H120O6. The molecule has 424 valence electrons. The minimum atomic E-state index is -0.779. The first-order valence-corrected chi connectivity index (χ1v) is 31.8. The van der Waals surface area contributed by atoms with Gasteiger partial charge in [0.1, 0.15) is 13.2 Å². The van der Waals surface area contributed by atoms with E-state index in [4.69, 9.17) is 14.2 Å². The van der Waals surface area contributed by atoms with Gasteiger partial charge >= 0.3 is 17.9 Å². The Bertz CT molecular complexity index is 1310. The summed E-state index contributed by atoms with van der Waals surface area (Å²) >= 11 is 0. The van der Waals surface area contributed by atoms with Gasteiger partial charge in [0, 0.05) is 19.3 Å². The Morgan fingerprint density at radius 1 is 0.274 bits per heavy atom. The molecule has 0 N–H and O–H groups in total. The number of rotatable bonds is 58. The lowest BCUT2D eigenvalue weighted by atomic mass is 10.0. The number of hydrogen-bond acceptors (Lipinski definition) is 6. The maximum absolute atomic E-state index is 12.9. The minimum absolute atomic E-state index is 0.0765. The van der Waals surface area contributed by atoms with Gasteiger partial charge in [-0.25, -0.2) is 0 Å². The highest BCUT2D eigenvalue weighted by molar-refractivity contribution is 5.71. The highest BCUT2D eigenvalue weighted by Crippen LogP contribution is 2.17. The van der Waals surface area contributed by atoms with E-state index in [9.17, 15) is 14.4 Å². The summed E-state index contributed by atoms with van der Waals surface area (Å²) in [6.07, 6.45) is 78.0. The predicted molar refractivity (Wildman–Crippen MR) is 316 cm³/mol. The zero-order valence-corrected chi connectivity index (χ0v) is 48.7. The number of carbonyl (C=O) groups excluding carboxylic acids is 3. The van der Waals surface area contributed by atoms with Crippen molar-refractivity contribution >= 4 is 17.9 Å². The molecule has 0 saturated heterocycles. The lowest BCUT2D eigenvalue weighted by Gasteiger charge is -2.18. The van der Waals surface area contributed by atoms with Gasteiger partial charge in [0.2, 0.25) is 0 Å². The molecule has 6 heteroatoms. The molecule has 0 aliphatic rings. The Kier molecular flexibility index (Phi) is 59.2. The van der Waals surface area contributed by atoms with Gasteiger partial charge in [-0.05, 0) is 83.5 Å². The van der Waals surface area contributed by atoms with Gasteiger partial charge in [-0.3, -0.25) is 14.4 Å². The fourth-order valence-electron chi connectivity index (χ4n) is 9.20. The highest BCUT2D eigenvalue weighted by atomic mass is 16.6. The topological polar surface area (TPSA) is 78.9 Å². The Morgan fingerprint density at radius 2 is 0.521 bits per heavy atom. The number of unbranched alkanes of at least 4 members (excludes halogenated alkanes) is 37. The van der Waals surface area contributed by atoms with Crippen molar-refractivity contribution in [3.8, 4) is 0 Å². The van der Waals surface area contributed by atoms with E-state index in [0.29, 0.717) is 19.3 Å². The molecule has 0 saturated carbocycles. The third-order valence-electron chi connectivity index (χ3n) is 14.0. The Labute approximate surface area is 453 Å². The second kappa shape index (κ2) is 61.7. The lowest BCUT2D eigenvalue weighted by molar-refractivity contribution is -0.167. The molecule has 6 nitrogen and oxygen atoms in total. The Hall–Kier alpha value is -2.89. The average Bonchev–Trinajstić information content (AvgIpc) is 3.39. The normalized spacial score (nSPS) is 12.4. The van der Waals surface area contributed by atoms with Gasteiger partial charge in [-0.2, -0.15) is 0 Å². The van der Waals surface area contributed by atoms with Crippen LogP contribution in [0.25, 0.3) is 0 Å². The summed E-state index contributed by atoms with van der Waals surface area (Å²) in [5.41, 5.74) is 0. The fourth-order valence-corrected chi connectivity index (χ4v) is 9.20. The van der Waals surface area contributed by atoms with Crippen molar-refractivity contribution < 1.29 is 28.6 Å². The van der Waals surface area contributed by atoms with Gasteiger partial charge in [0.25, 0.3) is 0 Å². The maximum atomic E-state index is 12.9. The van der Waals surface area contributed by atoms with Crippen molar-refractivity contribution in [3.05, 3.63) is 60.8 Å². The number of ether oxygens (including phenoxy) is 3. The van der Waals surface area contributed by atoms with Gasteiger partial charge in [0.05, 0.1) is 0 Å². The molecule has 73 heavy (non-hydrogen) atoms. The van der Waals surface area contributed by atoms with Crippen LogP contribution in [0.3, 0.4) is 0 Å². The zero-order chi connectivity index (χ0) is 52.9. The van der Waals surface area contributed by atoms with E-state index >= 15 is 0 Å². The SMILES string of the molecule is CCC/C=C\C/C=C\CCCCCCCC(=O)OCC(COC(=O)CCCCCCCCCCCCCC/C=C\C/C=C\C/C=C\CCCCCCC)OC(=O)CCCCCCCCCCCCCCCCC. The van der Waals surface area contributed by atoms with E-state index in [1.165, 1.54) is 193 Å². The van der Waals surface area contributed by atoms with Crippen LogP contribution in [0.5, 0.6) is 0 Å². The quantitative estimate of drug-likeness (QED) is 0.0261. The van der Waals surface area contributed by atoms with Crippen LogP contribution >= 0.6 is 0 Å². The van der Waals surface area contributed by atoms with Gasteiger partial charge in [-0.15, -0.1) is 0 Å². The molecule has 0 aromatic rings. The van der Waals surface area contributed by atoms with Gasteiger partial charge in [-0.1, -0.05) is 287 Å². The zero-order valence-electron chi connectivity index (χ0n) is 48.7. The number of esters is 3. The maximum Gasteiger partial charge on any atom is 0.306 e. The molecule has 0 aliphatic heterocycles. The second-order valence-corrected chi connectivity index (χ2v) is 21.3. The Balaban J connectivity index is 4.24. The molecule has 0 fully saturated rings. The van der Waals surface area contributed by atoms with Crippen LogP contribution in [0.4, 0.5) is 0 Å². The summed E-state index contributed by atoms with van der Waals surface area (Å²) in [5.74, 6) is -0.876. The first-order valence-electron chi connectivity index (χ1n) is 31.8. The summed E-state index contributed by atoms with van der Waals surface area (Å²) in [6.45, 7) is 6.59. The van der Waals surface area contributed by atoms with Crippen molar-refractivity contribution in [2.24, 2.45) is 0 Å². The molecule has 0 bridgehead atoms. The molecule has 0 radical (unpaired) electrons. The monoisotopic (exact) mass is 1020 g/mol. The summed E-state index contributed by atoms with van der Waals surface area (Å²) in [4.78, 5) is 38.2. The van der Waals surface area contributed by atoms with Crippen LogP contribution in [-0.4, -0.2) is 37.2 Å². The van der Waals surface area contributed by atoms with E-state index in [1.54, 1.807) is 0 Å². The first kappa shape index (κ1) is 70.1. The third kappa shape index (κ3) is 59.9. The fraction of sp³-hybridized carbons (Fsp3) is 0.806. The summed E-state index contributed by atoms with van der Waals surface area (Å²) in [5, 5.41) is 0. The van der Waals surface area contributed by atoms with Crippen LogP contribution in [0.2, 0.25) is 0 Å². The molecule has 0 spiro atoms. The van der Waals surface area contributed by atoms with E-state index < -0.39 is 6.10 Å². The highest BCUT2D eigenvalue weighted by Gasteiger charge is 2.19. The largest absolute Gasteiger partial charge is 0.462 e. The van der Waals surface area contributed by atoms with Crippen molar-refractivity contribution in [2.75, 3.05) is 13.2 Å². The van der Waals surface area contributed by atoms with E-state index in [1.807, 2.05) is 0 Å². The summed E-state index contributed by atoms with van der Waals surface area (Å²) in [7, 11) is 0. The first-order chi connectivity index (χ1) is 36.0. The van der Waals surface area contributed by atoms with Crippen LogP contribution in [0, 0.1) is 0 Å². The third-order valence-corrected chi connectivity index (χ3v) is 14.0. The lowest BCUT2D eigenvalue weighted by Crippen LogP contribution is -2.30. The summed E-state index contributed by atoms with van der Waals surface area (Å²) < 4.78 is 16.9. The molecule has 0 rings (SSSR count). The molecule has 0 heterocycles. The molecule has 0 amide bonds. The van der Waals surface area contributed by atoms with E-state index in [0.717, 1.165) is 96.3 Å². The van der Waals surface area contributed by atoms with Gasteiger partial charge < -0.3 is 14.2 Å². The van der Waals surface area contributed by atoms with E-state index in [2.05, 4.69) is 81.5 Å². The molecule has 1 unspecified atom stereocenters. The number of carbonyl (C=O) groups is 3. The predicted octanol–water partition coefficient (Wildman–Crippen LogP) is 21.6. The smallest absolute Gasteiger partial charge is 0.306 e. The molecule has 0 aliphatic carbocycles. The molecule has 0 aromatic heterocycles. The van der Waals surface area contributed by atoms with Gasteiger partial charge in [0.15, 0.2) is 6.10 Å². The molecule has 1 atom stereocenters. The minimum Gasteiger partial charge on any atom is -0.462 e. The van der Waals surface area contributed by atoms with Crippen LogP contribution in [-0.2, 0) is 28.6 Å². The van der Waals surface area contributed by atoms with Crippen LogP contribution < -0.4 is 0 Å². The second-order valence-electron chi connectivity index (χ2n) is 21.3. The van der Waals surface area contributed by atoms with Crippen LogP contribution in [0.15, 0.2) is 60.8 Å². The van der Waals surface area contributed by atoms with Crippen LogP contribution in [0.1, 0.15) is 329 Å². The van der Waals surface area contributed by atoms with Crippen molar-refractivity contribution in [1.29, 1.82) is 0 Å². The average molecular weight is 1020 g/mol. The number of hydrogen-bond donors (Lipinski definition) is 0. The van der Waals surface area contributed by atoms with Crippen molar-refractivity contribution in [2.45, 2.75) is 335 Å². The standard InChI is InChI=1S/C67H120O6/c1-4-7-10-13-16-19-22-25-27-28-29-30-31-32-33-34-35-36-37-38-40-42-45-48-51-54-57-60-66(69)72-63-64(62-71-65(68)59-56-53-50-47-44-41-24-21-18-15-12-9-6-3)73-67(70)61-58-55-52-49-46-43-39-26-23-20-17-14-11-8-5-2/h12,15,21-22,24-25,28-29,31-32,64H,4-11,13-14,16-20,23,26-27,30,33-63H2,1-3H3/b15-12-,24-21-,25-22-,29-28-,32-31-. The van der Waals surface area contributed by atoms with Crippen molar-refractivity contribution in [3.63, 3.8) is 0 Å². The Morgan fingerprint density at radius 3 is 0.822 bits per heavy atom. The summed E-state index contributed by atoms with van der Waals surface area (Å²) in [6, 6.07) is 0. The molecular weight excluding hydrogens is 901 g/mol. The van der Waals surface area contributed by atoms with E-state index in [-0.39, 0.29) is 31.1 Å². The number of allylic oxidation sites excluding steroid dienone is 10. The molecule has 0 aromatic carbocycles.